The van der Waals surface area contributed by atoms with Crippen LogP contribution < -0.4 is 5.32 Å². The van der Waals surface area contributed by atoms with E-state index < -0.39 is 0 Å². The van der Waals surface area contributed by atoms with Crippen molar-refractivity contribution in [3.05, 3.63) is 48.3 Å². The molecular weight excluding hydrogens is 404 g/mol. The summed E-state index contributed by atoms with van der Waals surface area (Å²) in [7, 11) is 3.77. The number of hydrogen-bond acceptors (Lipinski definition) is 1. The van der Waals surface area contributed by atoms with Gasteiger partial charge >= 0.3 is 0 Å². The lowest BCUT2D eigenvalue weighted by Crippen LogP contribution is -2.44. The Morgan fingerprint density at radius 2 is 2.04 bits per heavy atom. The zero-order chi connectivity index (χ0) is 16.6. The molecule has 5 heteroatoms. The van der Waals surface area contributed by atoms with Crippen LogP contribution in [-0.4, -0.2) is 38.0 Å². The summed E-state index contributed by atoms with van der Waals surface area (Å²) in [5, 5.41) is 3.35. The summed E-state index contributed by atoms with van der Waals surface area (Å²) < 4.78 is 14.0. The predicted molar refractivity (Wildman–Crippen MR) is 108 cm³/mol. The third kappa shape index (κ3) is 6.89. The number of guanidine groups is 1. The molecule has 0 saturated carbocycles. The Labute approximate surface area is 157 Å². The molecule has 0 bridgehead atoms. The van der Waals surface area contributed by atoms with Gasteiger partial charge in [-0.1, -0.05) is 38.1 Å². The molecule has 0 aliphatic rings. The number of nitrogens with one attached hydrogen (secondary N) is 1. The fraction of sp³-hybridized carbons (Fsp3) is 0.500. The van der Waals surface area contributed by atoms with E-state index in [4.69, 9.17) is 0 Å². The van der Waals surface area contributed by atoms with Crippen LogP contribution in [0.1, 0.15) is 32.3 Å². The lowest BCUT2D eigenvalue weighted by molar-refractivity contribution is 0.436. The van der Waals surface area contributed by atoms with E-state index in [2.05, 4.69) is 21.8 Å². The van der Waals surface area contributed by atoms with Gasteiger partial charge in [-0.25, -0.2) is 4.39 Å². The monoisotopic (exact) mass is 433 g/mol. The number of halogens is 2. The van der Waals surface area contributed by atoms with Crippen molar-refractivity contribution in [2.45, 2.75) is 32.1 Å². The molecule has 0 spiro atoms. The summed E-state index contributed by atoms with van der Waals surface area (Å²) >= 11 is 0. The first-order valence-corrected chi connectivity index (χ1v) is 7.70. The van der Waals surface area contributed by atoms with Gasteiger partial charge in [-0.15, -0.1) is 30.6 Å². The molecule has 1 aromatic carbocycles. The second kappa shape index (κ2) is 10.6. The first-order valence-electron chi connectivity index (χ1n) is 7.70. The number of hydrogen-bond donors (Lipinski definition) is 1. The van der Waals surface area contributed by atoms with Gasteiger partial charge in [-0.2, -0.15) is 0 Å². The average molecular weight is 433 g/mol. The van der Waals surface area contributed by atoms with Crippen molar-refractivity contribution in [3.63, 3.8) is 0 Å². The molecule has 0 fully saturated rings. The van der Waals surface area contributed by atoms with Gasteiger partial charge in [-0.05, 0) is 24.5 Å². The summed E-state index contributed by atoms with van der Waals surface area (Å²) in [6.07, 6.45) is 3.95. The minimum atomic E-state index is -0.316. The highest BCUT2D eigenvalue weighted by Gasteiger charge is 2.24. The molecule has 1 rings (SSSR count). The molecule has 0 aliphatic heterocycles. The molecule has 0 amide bonds. The van der Waals surface area contributed by atoms with Crippen LogP contribution in [0, 0.1) is 5.82 Å². The van der Waals surface area contributed by atoms with Crippen molar-refractivity contribution in [1.82, 2.24) is 10.2 Å². The van der Waals surface area contributed by atoms with Gasteiger partial charge in [0.2, 0.25) is 0 Å². The first kappa shape index (κ1) is 21.9. The van der Waals surface area contributed by atoms with Gasteiger partial charge in [0.05, 0.1) is 0 Å². The van der Waals surface area contributed by atoms with Crippen molar-refractivity contribution in [1.29, 1.82) is 0 Å². The maximum absolute atomic E-state index is 14.0. The van der Waals surface area contributed by atoms with Crippen LogP contribution in [0.15, 0.2) is 41.9 Å². The molecule has 0 atom stereocenters. The van der Waals surface area contributed by atoms with E-state index in [1.54, 1.807) is 13.1 Å². The van der Waals surface area contributed by atoms with Gasteiger partial charge in [0.25, 0.3) is 0 Å². The van der Waals surface area contributed by atoms with Crippen LogP contribution >= 0.6 is 24.0 Å². The molecule has 1 aromatic rings. The lowest BCUT2D eigenvalue weighted by Gasteiger charge is -2.29. The van der Waals surface area contributed by atoms with Gasteiger partial charge < -0.3 is 10.2 Å². The van der Waals surface area contributed by atoms with E-state index in [-0.39, 0.29) is 35.2 Å². The summed E-state index contributed by atoms with van der Waals surface area (Å²) in [5.41, 5.74) is 0.399. The summed E-state index contributed by atoms with van der Waals surface area (Å²) in [5.74, 6) is 0.664. The normalized spacial score (nSPS) is 11.6. The van der Waals surface area contributed by atoms with Gasteiger partial charge in [0.15, 0.2) is 5.96 Å². The third-order valence-corrected chi connectivity index (χ3v) is 3.77. The summed E-state index contributed by atoms with van der Waals surface area (Å²) in [6, 6.07) is 6.94. The van der Waals surface area contributed by atoms with Crippen molar-refractivity contribution in [2.24, 2.45) is 4.99 Å². The molecule has 0 unspecified atom stereocenters. The standard InChI is InChI=1S/C18H28FN3.HI/c1-6-7-10-13-22(5)17(20-4)21-14-18(2,3)15-11-8-9-12-16(15)19;/h6,8-9,11-12H,1,7,10,13-14H2,2-5H3,(H,20,21);1H. The van der Waals surface area contributed by atoms with Crippen LogP contribution in [0.4, 0.5) is 4.39 Å². The van der Waals surface area contributed by atoms with E-state index in [1.807, 2.05) is 39.1 Å². The number of benzene rings is 1. The third-order valence-electron chi connectivity index (χ3n) is 3.77. The van der Waals surface area contributed by atoms with Gasteiger partial charge in [0, 0.05) is 32.6 Å². The molecule has 0 aliphatic carbocycles. The van der Waals surface area contributed by atoms with E-state index in [1.165, 1.54) is 6.07 Å². The molecule has 23 heavy (non-hydrogen) atoms. The van der Waals surface area contributed by atoms with Crippen molar-refractivity contribution < 1.29 is 4.39 Å². The second-order valence-electron chi connectivity index (χ2n) is 6.12. The van der Waals surface area contributed by atoms with E-state index >= 15 is 0 Å². The van der Waals surface area contributed by atoms with Crippen molar-refractivity contribution >= 4 is 29.9 Å². The van der Waals surface area contributed by atoms with E-state index in [9.17, 15) is 4.39 Å². The zero-order valence-electron chi connectivity index (χ0n) is 14.6. The second-order valence-corrected chi connectivity index (χ2v) is 6.12. The van der Waals surface area contributed by atoms with Crippen LogP contribution in [0.25, 0.3) is 0 Å². The molecule has 1 N–H and O–H groups in total. The topological polar surface area (TPSA) is 27.6 Å². The minimum absolute atomic E-state index is 0. The Hall–Kier alpha value is -1.11. The predicted octanol–water partition coefficient (Wildman–Crippen LogP) is 4.19. The highest BCUT2D eigenvalue weighted by atomic mass is 127. The number of allylic oxidation sites excluding steroid dienone is 1. The quantitative estimate of drug-likeness (QED) is 0.230. The number of rotatable bonds is 7. The molecule has 0 saturated heterocycles. The Morgan fingerprint density at radius 3 is 2.61 bits per heavy atom. The smallest absolute Gasteiger partial charge is 0.193 e. The fourth-order valence-electron chi connectivity index (χ4n) is 2.37. The van der Waals surface area contributed by atoms with Crippen LogP contribution in [0.2, 0.25) is 0 Å². The Bertz CT molecular complexity index is 515. The summed E-state index contributed by atoms with van der Waals surface area (Å²) in [4.78, 5) is 6.38. The van der Waals surface area contributed by atoms with Gasteiger partial charge in [-0.3, -0.25) is 4.99 Å². The number of unbranched alkanes of at least 4 members (excludes halogenated alkanes) is 1. The van der Waals surface area contributed by atoms with E-state index in [0.29, 0.717) is 12.1 Å². The maximum atomic E-state index is 14.0. The molecular formula is C18H29FIN3. The number of aliphatic imine (C=N–C) groups is 1. The molecule has 3 nitrogen and oxygen atoms in total. The van der Waals surface area contributed by atoms with Crippen LogP contribution in [0.3, 0.4) is 0 Å². The van der Waals surface area contributed by atoms with Gasteiger partial charge in [0.1, 0.15) is 5.82 Å². The largest absolute Gasteiger partial charge is 0.355 e. The van der Waals surface area contributed by atoms with Crippen LogP contribution in [-0.2, 0) is 5.41 Å². The van der Waals surface area contributed by atoms with E-state index in [0.717, 1.165) is 25.3 Å². The maximum Gasteiger partial charge on any atom is 0.193 e. The Kier molecular flexibility index (Phi) is 10.1. The minimum Gasteiger partial charge on any atom is -0.355 e. The Balaban J connectivity index is 0.00000484. The van der Waals surface area contributed by atoms with Crippen molar-refractivity contribution in [3.8, 4) is 0 Å². The number of nitrogens with zero attached hydrogens (tertiary/aromatic N) is 2. The zero-order valence-corrected chi connectivity index (χ0v) is 16.9. The highest BCUT2D eigenvalue weighted by molar-refractivity contribution is 14.0. The van der Waals surface area contributed by atoms with Crippen molar-refractivity contribution in [2.75, 3.05) is 27.2 Å². The lowest BCUT2D eigenvalue weighted by atomic mass is 9.84. The first-order chi connectivity index (χ1) is 10.4. The summed E-state index contributed by atoms with van der Waals surface area (Å²) in [6.45, 7) is 9.32. The molecule has 0 aromatic heterocycles. The highest BCUT2D eigenvalue weighted by Crippen LogP contribution is 2.24. The SMILES string of the molecule is C=CCCCN(C)C(=NC)NCC(C)(C)c1ccccc1F.I. The average Bonchev–Trinajstić information content (AvgIpc) is 2.48. The molecule has 130 valence electrons. The Morgan fingerprint density at radius 1 is 1.39 bits per heavy atom. The molecule has 0 radical (unpaired) electrons. The fourth-order valence-corrected chi connectivity index (χ4v) is 2.37. The van der Waals surface area contributed by atoms with Crippen LogP contribution in [0.5, 0.6) is 0 Å². The molecule has 0 heterocycles.